The molecule has 21 heavy (non-hydrogen) atoms. The molecule has 0 aromatic heterocycles. The number of alkyl halides is 2. The summed E-state index contributed by atoms with van der Waals surface area (Å²) in [5, 5.41) is 5.81. The Kier molecular flexibility index (Phi) is 5.32. The van der Waals surface area contributed by atoms with Crippen molar-refractivity contribution in [3.63, 3.8) is 0 Å². The molecule has 2 rings (SSSR count). The van der Waals surface area contributed by atoms with E-state index in [0.717, 1.165) is 19.4 Å². The zero-order valence-electron chi connectivity index (χ0n) is 11.7. The highest BCUT2D eigenvalue weighted by molar-refractivity contribution is 5.93. The molecular formula is C14H18F2N2O3. The van der Waals surface area contributed by atoms with Crippen molar-refractivity contribution in [1.82, 2.24) is 5.32 Å². The van der Waals surface area contributed by atoms with Crippen molar-refractivity contribution in [1.29, 1.82) is 0 Å². The van der Waals surface area contributed by atoms with Crippen LogP contribution < -0.4 is 20.1 Å². The Balaban J connectivity index is 2.06. The molecule has 0 radical (unpaired) electrons. The Bertz CT molecular complexity index is 491. The molecule has 7 heteroatoms. The van der Waals surface area contributed by atoms with Crippen LogP contribution in [0.5, 0.6) is 11.5 Å². The number of rotatable bonds is 6. The van der Waals surface area contributed by atoms with Gasteiger partial charge in [0.2, 0.25) is 5.91 Å². The number of hydrogen-bond donors (Lipinski definition) is 2. The average Bonchev–Trinajstić information content (AvgIpc) is 2.93. The van der Waals surface area contributed by atoms with Gasteiger partial charge in [0.1, 0.15) is 11.5 Å². The van der Waals surface area contributed by atoms with Crippen molar-refractivity contribution < 1.29 is 23.0 Å². The number of hydrogen-bond acceptors (Lipinski definition) is 4. The van der Waals surface area contributed by atoms with Gasteiger partial charge in [-0.05, 0) is 31.5 Å². The first kappa shape index (κ1) is 15.5. The first-order valence-corrected chi connectivity index (χ1v) is 6.74. The highest BCUT2D eigenvalue weighted by Crippen LogP contribution is 2.30. The molecule has 5 nitrogen and oxygen atoms in total. The Morgan fingerprint density at radius 1 is 1.52 bits per heavy atom. The molecule has 1 heterocycles. The highest BCUT2D eigenvalue weighted by atomic mass is 19.3. The minimum absolute atomic E-state index is 0.0847. The van der Waals surface area contributed by atoms with Crippen LogP contribution in [0.2, 0.25) is 0 Å². The largest absolute Gasteiger partial charge is 0.497 e. The van der Waals surface area contributed by atoms with Crippen molar-refractivity contribution in [2.45, 2.75) is 31.9 Å². The smallest absolute Gasteiger partial charge is 0.387 e. The standard InChI is InChI=1S/C14H18F2N2O3/c1-20-10-4-5-12(21-14(15)16)11(8-10)18-13(19)7-9-3-2-6-17-9/h4-5,8-9,14,17H,2-3,6-7H2,1H3,(H,18,19). The number of nitrogens with one attached hydrogen (secondary N) is 2. The van der Waals surface area contributed by atoms with Crippen LogP contribution in [0.4, 0.5) is 14.5 Å². The van der Waals surface area contributed by atoms with E-state index in [1.165, 1.54) is 25.3 Å². The van der Waals surface area contributed by atoms with Crippen molar-refractivity contribution >= 4 is 11.6 Å². The van der Waals surface area contributed by atoms with Crippen LogP contribution in [0.1, 0.15) is 19.3 Å². The van der Waals surface area contributed by atoms with E-state index in [9.17, 15) is 13.6 Å². The lowest BCUT2D eigenvalue weighted by atomic mass is 10.1. The number of anilines is 1. The average molecular weight is 300 g/mol. The van der Waals surface area contributed by atoms with Gasteiger partial charge in [0.15, 0.2) is 0 Å². The molecule has 1 aromatic rings. The van der Waals surface area contributed by atoms with Crippen LogP contribution in [0.3, 0.4) is 0 Å². The molecule has 1 fully saturated rings. The van der Waals surface area contributed by atoms with E-state index in [4.69, 9.17) is 4.74 Å². The summed E-state index contributed by atoms with van der Waals surface area (Å²) in [5.74, 6) is 0.117. The lowest BCUT2D eigenvalue weighted by molar-refractivity contribution is -0.116. The summed E-state index contributed by atoms with van der Waals surface area (Å²) in [6, 6.07) is 4.42. The van der Waals surface area contributed by atoms with Gasteiger partial charge in [0.05, 0.1) is 12.8 Å². The summed E-state index contributed by atoms with van der Waals surface area (Å²) in [6.45, 7) is -2.05. The normalized spacial score (nSPS) is 17.8. The van der Waals surface area contributed by atoms with Crippen molar-refractivity contribution in [2.24, 2.45) is 0 Å². The molecule has 1 aliphatic rings. The second kappa shape index (κ2) is 7.21. The van der Waals surface area contributed by atoms with Crippen LogP contribution in [-0.4, -0.2) is 32.2 Å². The lowest BCUT2D eigenvalue weighted by Gasteiger charge is -2.15. The third kappa shape index (κ3) is 4.56. The molecule has 1 aliphatic heterocycles. The molecule has 0 saturated carbocycles. The number of methoxy groups -OCH3 is 1. The molecule has 1 aromatic carbocycles. The summed E-state index contributed by atoms with van der Waals surface area (Å²) < 4.78 is 34.2. The molecule has 1 amide bonds. The Hall–Kier alpha value is -1.89. The number of carbonyl (C=O) groups is 1. The second-order valence-electron chi connectivity index (χ2n) is 4.79. The SMILES string of the molecule is COc1ccc(OC(F)F)c(NC(=O)CC2CCCN2)c1. The number of amides is 1. The van der Waals surface area contributed by atoms with E-state index in [1.807, 2.05) is 0 Å². The predicted molar refractivity (Wildman–Crippen MR) is 73.9 cm³/mol. The molecule has 1 saturated heterocycles. The fraction of sp³-hybridized carbons (Fsp3) is 0.500. The lowest BCUT2D eigenvalue weighted by Crippen LogP contribution is -2.27. The monoisotopic (exact) mass is 300 g/mol. The van der Waals surface area contributed by atoms with Crippen LogP contribution in [-0.2, 0) is 4.79 Å². The first-order valence-electron chi connectivity index (χ1n) is 6.74. The minimum Gasteiger partial charge on any atom is -0.497 e. The van der Waals surface area contributed by atoms with Gasteiger partial charge in [0.25, 0.3) is 0 Å². The number of carbonyl (C=O) groups excluding carboxylic acids is 1. The summed E-state index contributed by atoms with van der Waals surface area (Å²) >= 11 is 0. The van der Waals surface area contributed by atoms with Gasteiger partial charge in [-0.1, -0.05) is 0 Å². The Labute approximate surface area is 121 Å². The Morgan fingerprint density at radius 3 is 2.95 bits per heavy atom. The maximum absolute atomic E-state index is 12.4. The van der Waals surface area contributed by atoms with Gasteiger partial charge in [-0.15, -0.1) is 0 Å². The van der Waals surface area contributed by atoms with Crippen molar-refractivity contribution in [3.05, 3.63) is 18.2 Å². The van der Waals surface area contributed by atoms with Crippen LogP contribution in [0.15, 0.2) is 18.2 Å². The predicted octanol–water partition coefficient (Wildman–Crippen LogP) is 2.38. The van der Waals surface area contributed by atoms with E-state index in [0.29, 0.717) is 12.2 Å². The fourth-order valence-corrected chi connectivity index (χ4v) is 2.29. The van der Waals surface area contributed by atoms with Crippen LogP contribution in [0.25, 0.3) is 0 Å². The Morgan fingerprint density at radius 2 is 2.33 bits per heavy atom. The summed E-state index contributed by atoms with van der Waals surface area (Å²) in [5.41, 5.74) is 0.178. The van der Waals surface area contributed by atoms with E-state index < -0.39 is 6.61 Å². The van der Waals surface area contributed by atoms with Gasteiger partial charge >= 0.3 is 6.61 Å². The fourth-order valence-electron chi connectivity index (χ4n) is 2.29. The first-order chi connectivity index (χ1) is 10.1. The van der Waals surface area contributed by atoms with Gasteiger partial charge < -0.3 is 20.1 Å². The maximum Gasteiger partial charge on any atom is 0.387 e. The molecule has 1 atom stereocenters. The van der Waals surface area contributed by atoms with E-state index >= 15 is 0 Å². The number of halogens is 2. The molecule has 0 aliphatic carbocycles. The van der Waals surface area contributed by atoms with E-state index in [-0.39, 0.29) is 23.4 Å². The van der Waals surface area contributed by atoms with Gasteiger partial charge in [-0.3, -0.25) is 4.79 Å². The third-order valence-electron chi connectivity index (χ3n) is 3.27. The van der Waals surface area contributed by atoms with Crippen LogP contribution in [0, 0.1) is 0 Å². The molecular weight excluding hydrogens is 282 g/mol. The zero-order chi connectivity index (χ0) is 15.2. The van der Waals surface area contributed by atoms with Gasteiger partial charge in [-0.2, -0.15) is 8.78 Å². The van der Waals surface area contributed by atoms with Crippen molar-refractivity contribution in [2.75, 3.05) is 19.0 Å². The summed E-state index contributed by atoms with van der Waals surface area (Å²) in [7, 11) is 1.46. The summed E-state index contributed by atoms with van der Waals surface area (Å²) in [6.07, 6.45) is 2.27. The summed E-state index contributed by atoms with van der Waals surface area (Å²) in [4.78, 5) is 12.0. The van der Waals surface area contributed by atoms with Gasteiger partial charge in [-0.25, -0.2) is 0 Å². The molecule has 1 unspecified atom stereocenters. The second-order valence-corrected chi connectivity index (χ2v) is 4.79. The van der Waals surface area contributed by atoms with Gasteiger partial charge in [0, 0.05) is 18.5 Å². The molecule has 0 bridgehead atoms. The van der Waals surface area contributed by atoms with Crippen LogP contribution >= 0.6 is 0 Å². The molecule has 0 spiro atoms. The molecule has 2 N–H and O–H groups in total. The number of ether oxygens (including phenoxy) is 2. The number of benzene rings is 1. The van der Waals surface area contributed by atoms with E-state index in [2.05, 4.69) is 15.4 Å². The topological polar surface area (TPSA) is 59.6 Å². The van der Waals surface area contributed by atoms with Crippen molar-refractivity contribution in [3.8, 4) is 11.5 Å². The minimum atomic E-state index is -2.95. The quantitative estimate of drug-likeness (QED) is 0.847. The maximum atomic E-state index is 12.4. The van der Waals surface area contributed by atoms with E-state index in [1.54, 1.807) is 0 Å². The molecule has 116 valence electrons. The third-order valence-corrected chi connectivity index (χ3v) is 3.27. The highest BCUT2D eigenvalue weighted by Gasteiger charge is 2.19. The zero-order valence-corrected chi connectivity index (χ0v) is 11.7.